The SMILES string of the molecule is NC(=O)N1CCC[C@H]1C(=O)NCc1nc2ccc(Cl)cc2[nH]1. The van der Waals surface area contributed by atoms with Crippen molar-refractivity contribution in [2.24, 2.45) is 5.73 Å². The second-order valence-electron chi connectivity index (χ2n) is 5.25. The third-order valence-corrected chi connectivity index (χ3v) is 4.00. The molecule has 1 aliphatic rings. The number of fused-ring (bicyclic) bond motifs is 1. The van der Waals surface area contributed by atoms with Crippen molar-refractivity contribution in [1.29, 1.82) is 0 Å². The summed E-state index contributed by atoms with van der Waals surface area (Å²) >= 11 is 5.92. The molecule has 0 unspecified atom stereocenters. The molecule has 0 saturated carbocycles. The summed E-state index contributed by atoms with van der Waals surface area (Å²) in [6.07, 6.45) is 1.41. The van der Waals surface area contributed by atoms with Crippen LogP contribution in [0, 0.1) is 0 Å². The standard InChI is InChI=1S/C14H16ClN5O2/c15-8-3-4-9-10(6-8)19-12(18-9)7-17-13(21)11-2-1-5-20(11)14(16)22/h3-4,6,11H,1-2,5,7H2,(H2,16,22)(H,17,21)(H,18,19)/t11-/m0/s1. The number of imidazole rings is 1. The van der Waals surface area contributed by atoms with Crippen molar-refractivity contribution in [3.05, 3.63) is 29.0 Å². The Bertz CT molecular complexity index is 729. The first-order valence-electron chi connectivity index (χ1n) is 7.02. The first kappa shape index (κ1) is 14.6. The summed E-state index contributed by atoms with van der Waals surface area (Å²) in [5.74, 6) is 0.420. The summed E-state index contributed by atoms with van der Waals surface area (Å²) in [5.41, 5.74) is 6.88. The molecule has 1 aromatic carbocycles. The molecular weight excluding hydrogens is 306 g/mol. The van der Waals surface area contributed by atoms with E-state index in [0.29, 0.717) is 23.8 Å². The van der Waals surface area contributed by atoms with Gasteiger partial charge in [-0.1, -0.05) is 11.6 Å². The first-order chi connectivity index (χ1) is 10.5. The van der Waals surface area contributed by atoms with Gasteiger partial charge in [0.05, 0.1) is 17.6 Å². The molecule has 0 radical (unpaired) electrons. The molecule has 7 nitrogen and oxygen atoms in total. The van der Waals surface area contributed by atoms with E-state index >= 15 is 0 Å². The fourth-order valence-electron chi connectivity index (χ4n) is 2.71. The number of hydrogen-bond donors (Lipinski definition) is 3. The van der Waals surface area contributed by atoms with Crippen molar-refractivity contribution in [2.45, 2.75) is 25.4 Å². The number of H-pyrrole nitrogens is 1. The molecule has 1 atom stereocenters. The van der Waals surface area contributed by atoms with Gasteiger partial charge in [0.1, 0.15) is 11.9 Å². The quantitative estimate of drug-likeness (QED) is 0.795. The Morgan fingerprint density at radius 3 is 3.09 bits per heavy atom. The van der Waals surface area contributed by atoms with Gasteiger partial charge in [0, 0.05) is 11.6 Å². The van der Waals surface area contributed by atoms with Gasteiger partial charge in [0.25, 0.3) is 0 Å². The molecule has 3 amide bonds. The molecule has 3 rings (SSSR count). The number of aromatic nitrogens is 2. The maximum absolute atomic E-state index is 12.2. The lowest BCUT2D eigenvalue weighted by atomic mass is 10.2. The molecule has 2 heterocycles. The van der Waals surface area contributed by atoms with Crippen molar-refractivity contribution in [1.82, 2.24) is 20.2 Å². The third-order valence-electron chi connectivity index (χ3n) is 3.76. The number of rotatable bonds is 3. The second-order valence-corrected chi connectivity index (χ2v) is 5.69. The van der Waals surface area contributed by atoms with E-state index < -0.39 is 12.1 Å². The van der Waals surface area contributed by atoms with Crippen LogP contribution in [0.3, 0.4) is 0 Å². The number of nitrogens with zero attached hydrogens (tertiary/aromatic N) is 2. The summed E-state index contributed by atoms with van der Waals surface area (Å²) in [7, 11) is 0. The number of primary amides is 1. The van der Waals surface area contributed by atoms with Crippen LogP contribution in [-0.4, -0.2) is 39.4 Å². The van der Waals surface area contributed by atoms with Crippen LogP contribution < -0.4 is 11.1 Å². The summed E-state index contributed by atoms with van der Waals surface area (Å²) in [4.78, 5) is 32.3. The minimum absolute atomic E-state index is 0.213. The van der Waals surface area contributed by atoms with E-state index in [9.17, 15) is 9.59 Å². The maximum atomic E-state index is 12.2. The number of likely N-dealkylation sites (tertiary alicyclic amines) is 1. The maximum Gasteiger partial charge on any atom is 0.315 e. The number of nitrogens with one attached hydrogen (secondary N) is 2. The fraction of sp³-hybridized carbons (Fsp3) is 0.357. The van der Waals surface area contributed by atoms with E-state index in [1.54, 1.807) is 12.1 Å². The molecule has 4 N–H and O–H groups in total. The molecule has 1 aromatic heterocycles. The van der Waals surface area contributed by atoms with Gasteiger partial charge < -0.3 is 20.9 Å². The number of carbonyl (C=O) groups excluding carboxylic acids is 2. The minimum atomic E-state index is -0.559. The van der Waals surface area contributed by atoms with Crippen molar-refractivity contribution in [3.8, 4) is 0 Å². The molecule has 1 fully saturated rings. The van der Waals surface area contributed by atoms with E-state index in [1.807, 2.05) is 6.07 Å². The van der Waals surface area contributed by atoms with Crippen molar-refractivity contribution >= 4 is 34.6 Å². The molecule has 2 aromatic rings. The summed E-state index contributed by atoms with van der Waals surface area (Å²) < 4.78 is 0. The first-order valence-corrected chi connectivity index (χ1v) is 7.40. The number of halogens is 1. The molecule has 8 heteroatoms. The fourth-order valence-corrected chi connectivity index (χ4v) is 2.88. The van der Waals surface area contributed by atoms with E-state index in [2.05, 4.69) is 15.3 Å². The second kappa shape index (κ2) is 5.84. The van der Waals surface area contributed by atoms with Crippen molar-refractivity contribution in [3.63, 3.8) is 0 Å². The molecule has 22 heavy (non-hydrogen) atoms. The van der Waals surface area contributed by atoms with E-state index in [4.69, 9.17) is 17.3 Å². The van der Waals surface area contributed by atoms with Crippen LogP contribution in [0.5, 0.6) is 0 Å². The summed E-state index contributed by atoms with van der Waals surface area (Å²) in [5, 5.41) is 3.41. The normalized spacial score (nSPS) is 17.9. The van der Waals surface area contributed by atoms with E-state index in [0.717, 1.165) is 17.5 Å². The number of urea groups is 1. The van der Waals surface area contributed by atoms with Crippen LogP contribution in [0.15, 0.2) is 18.2 Å². The number of amides is 3. The van der Waals surface area contributed by atoms with Gasteiger partial charge in [-0.25, -0.2) is 9.78 Å². The number of carbonyl (C=O) groups is 2. The topological polar surface area (TPSA) is 104 Å². The zero-order chi connectivity index (χ0) is 15.7. The van der Waals surface area contributed by atoms with Crippen molar-refractivity contribution in [2.75, 3.05) is 6.54 Å². The van der Waals surface area contributed by atoms with Crippen LogP contribution in [0.25, 0.3) is 11.0 Å². The highest BCUT2D eigenvalue weighted by Gasteiger charge is 2.32. The Labute approximate surface area is 131 Å². The zero-order valence-electron chi connectivity index (χ0n) is 11.8. The monoisotopic (exact) mass is 321 g/mol. The number of nitrogens with two attached hydrogens (primary N) is 1. The molecule has 0 spiro atoms. The molecule has 116 valence electrons. The van der Waals surface area contributed by atoms with Crippen LogP contribution in [0.2, 0.25) is 5.02 Å². The van der Waals surface area contributed by atoms with Crippen LogP contribution in [0.1, 0.15) is 18.7 Å². The van der Waals surface area contributed by atoms with Gasteiger partial charge in [-0.15, -0.1) is 0 Å². The molecular formula is C14H16ClN5O2. The summed E-state index contributed by atoms with van der Waals surface area (Å²) in [6.45, 7) is 0.783. The Hall–Kier alpha value is -2.28. The van der Waals surface area contributed by atoms with Gasteiger partial charge in [-0.05, 0) is 31.0 Å². The minimum Gasteiger partial charge on any atom is -0.351 e. The van der Waals surface area contributed by atoms with E-state index in [-0.39, 0.29) is 12.5 Å². The van der Waals surface area contributed by atoms with Crippen LogP contribution in [-0.2, 0) is 11.3 Å². The highest BCUT2D eigenvalue weighted by Crippen LogP contribution is 2.18. The highest BCUT2D eigenvalue weighted by atomic mass is 35.5. The molecule has 0 aliphatic carbocycles. The third kappa shape index (κ3) is 2.85. The van der Waals surface area contributed by atoms with Gasteiger partial charge in [-0.2, -0.15) is 0 Å². The average Bonchev–Trinajstić information content (AvgIpc) is 3.10. The summed E-state index contributed by atoms with van der Waals surface area (Å²) in [6, 6.07) is 4.30. The van der Waals surface area contributed by atoms with Gasteiger partial charge in [-0.3, -0.25) is 4.79 Å². The molecule has 1 saturated heterocycles. The molecule has 1 aliphatic heterocycles. The van der Waals surface area contributed by atoms with Crippen molar-refractivity contribution < 1.29 is 9.59 Å². The van der Waals surface area contributed by atoms with Gasteiger partial charge in [0.2, 0.25) is 5.91 Å². The molecule has 0 bridgehead atoms. The smallest absolute Gasteiger partial charge is 0.315 e. The predicted molar refractivity (Wildman–Crippen MR) is 82.3 cm³/mol. The zero-order valence-corrected chi connectivity index (χ0v) is 12.6. The Kier molecular flexibility index (Phi) is 3.89. The van der Waals surface area contributed by atoms with Gasteiger partial charge >= 0.3 is 6.03 Å². The number of hydrogen-bond acceptors (Lipinski definition) is 3. The largest absolute Gasteiger partial charge is 0.351 e. The predicted octanol–water partition coefficient (Wildman–Crippen LogP) is 1.38. The average molecular weight is 322 g/mol. The number of aromatic amines is 1. The Morgan fingerprint density at radius 1 is 1.50 bits per heavy atom. The van der Waals surface area contributed by atoms with E-state index in [1.165, 1.54) is 4.90 Å². The number of benzene rings is 1. The van der Waals surface area contributed by atoms with Gasteiger partial charge in [0.15, 0.2) is 0 Å². The lowest BCUT2D eigenvalue weighted by molar-refractivity contribution is -0.124. The van der Waals surface area contributed by atoms with Crippen LogP contribution in [0.4, 0.5) is 4.79 Å². The van der Waals surface area contributed by atoms with Crippen LogP contribution >= 0.6 is 11.6 Å². The Morgan fingerprint density at radius 2 is 2.32 bits per heavy atom. The lowest BCUT2D eigenvalue weighted by Gasteiger charge is -2.21. The Balaban J connectivity index is 1.66. The lowest BCUT2D eigenvalue weighted by Crippen LogP contribution is -2.47. The highest BCUT2D eigenvalue weighted by molar-refractivity contribution is 6.31.